The summed E-state index contributed by atoms with van der Waals surface area (Å²) in [6.07, 6.45) is 2.25. The third-order valence-corrected chi connectivity index (χ3v) is 3.70. The average Bonchev–Trinajstić information content (AvgIpc) is 2.41. The van der Waals surface area contributed by atoms with Gasteiger partial charge in [0.25, 0.3) is 0 Å². The second kappa shape index (κ2) is 6.10. The average molecular weight is 326 g/mol. The van der Waals surface area contributed by atoms with Crippen LogP contribution in [0.1, 0.15) is 19.3 Å². The molecule has 0 N–H and O–H groups in total. The molecule has 0 radical (unpaired) electrons. The Balaban J connectivity index is 1.99. The Bertz CT molecular complexity index is 562. The molecule has 0 amide bonds. The summed E-state index contributed by atoms with van der Waals surface area (Å²) in [5.41, 5.74) is -5.46. The SMILES string of the molecule is O=S(=O)(Oc1ccc(OC2CCCCO2)cc1)C(F)(F)F. The van der Waals surface area contributed by atoms with Crippen LogP contribution in [0.4, 0.5) is 13.2 Å². The van der Waals surface area contributed by atoms with Crippen LogP contribution in [0.5, 0.6) is 11.5 Å². The van der Waals surface area contributed by atoms with Crippen LogP contribution in [0.25, 0.3) is 0 Å². The maximum absolute atomic E-state index is 12.2. The van der Waals surface area contributed by atoms with Crippen molar-refractivity contribution in [3.05, 3.63) is 24.3 Å². The maximum Gasteiger partial charge on any atom is 0.534 e. The minimum absolute atomic E-state index is 0.360. The summed E-state index contributed by atoms with van der Waals surface area (Å²) >= 11 is 0. The summed E-state index contributed by atoms with van der Waals surface area (Å²) in [6, 6.07) is 4.81. The smallest absolute Gasteiger partial charge is 0.465 e. The molecule has 9 heteroatoms. The molecule has 0 saturated carbocycles. The van der Waals surface area contributed by atoms with Crippen LogP contribution in [0, 0.1) is 0 Å². The van der Waals surface area contributed by atoms with E-state index < -0.39 is 27.7 Å². The number of benzene rings is 1. The minimum Gasteiger partial charge on any atom is -0.465 e. The van der Waals surface area contributed by atoms with Gasteiger partial charge in [0.1, 0.15) is 11.5 Å². The van der Waals surface area contributed by atoms with Gasteiger partial charge in [-0.05, 0) is 37.1 Å². The highest BCUT2D eigenvalue weighted by molar-refractivity contribution is 7.87. The van der Waals surface area contributed by atoms with Crippen molar-refractivity contribution in [2.45, 2.75) is 31.1 Å². The number of hydrogen-bond acceptors (Lipinski definition) is 5. The van der Waals surface area contributed by atoms with Crippen LogP contribution in [0.3, 0.4) is 0 Å². The first kappa shape index (κ1) is 15.9. The van der Waals surface area contributed by atoms with Crippen molar-refractivity contribution in [1.29, 1.82) is 0 Å². The zero-order valence-corrected chi connectivity index (χ0v) is 11.6. The summed E-state index contributed by atoms with van der Waals surface area (Å²) < 4.78 is 72.9. The molecule has 1 aliphatic rings. The summed E-state index contributed by atoms with van der Waals surface area (Å²) in [5.74, 6) is -0.0807. The third-order valence-electron chi connectivity index (χ3n) is 2.72. The molecule has 5 nitrogen and oxygen atoms in total. The van der Waals surface area contributed by atoms with Gasteiger partial charge < -0.3 is 13.7 Å². The van der Waals surface area contributed by atoms with Crippen molar-refractivity contribution in [3.63, 3.8) is 0 Å². The predicted octanol–water partition coefficient (Wildman–Crippen LogP) is 2.82. The van der Waals surface area contributed by atoms with Gasteiger partial charge in [-0.25, -0.2) is 0 Å². The van der Waals surface area contributed by atoms with Gasteiger partial charge in [-0.2, -0.15) is 21.6 Å². The van der Waals surface area contributed by atoms with E-state index in [-0.39, 0.29) is 0 Å². The van der Waals surface area contributed by atoms with Crippen LogP contribution >= 0.6 is 0 Å². The first-order valence-corrected chi connectivity index (χ1v) is 7.58. The largest absolute Gasteiger partial charge is 0.534 e. The molecule has 1 fully saturated rings. The highest BCUT2D eigenvalue weighted by Gasteiger charge is 2.48. The molecule has 118 valence electrons. The third kappa shape index (κ3) is 4.24. The highest BCUT2D eigenvalue weighted by atomic mass is 32.2. The van der Waals surface area contributed by atoms with Crippen molar-refractivity contribution in [1.82, 2.24) is 0 Å². The number of hydrogen-bond donors (Lipinski definition) is 0. The molecular weight excluding hydrogens is 313 g/mol. The van der Waals surface area contributed by atoms with Crippen molar-refractivity contribution in [2.24, 2.45) is 0 Å². The molecule has 1 heterocycles. The first-order valence-electron chi connectivity index (χ1n) is 6.17. The van der Waals surface area contributed by atoms with Gasteiger partial charge >= 0.3 is 15.6 Å². The first-order chi connectivity index (χ1) is 9.78. The lowest BCUT2D eigenvalue weighted by molar-refractivity contribution is -0.105. The Kier molecular flexibility index (Phi) is 4.62. The standard InChI is InChI=1S/C12H13F3O5S/c13-12(14,15)21(16,17)20-10-6-4-9(5-7-10)19-11-3-1-2-8-18-11/h4-7,11H,1-3,8H2. The van der Waals surface area contributed by atoms with Gasteiger partial charge in [0.05, 0.1) is 6.61 Å². The fourth-order valence-electron chi connectivity index (χ4n) is 1.70. The van der Waals surface area contributed by atoms with Gasteiger partial charge in [-0.15, -0.1) is 0 Å². The van der Waals surface area contributed by atoms with E-state index >= 15 is 0 Å². The Morgan fingerprint density at radius 2 is 1.71 bits per heavy atom. The molecule has 1 atom stereocenters. The van der Waals surface area contributed by atoms with E-state index in [0.29, 0.717) is 12.4 Å². The Morgan fingerprint density at radius 3 is 2.24 bits per heavy atom. The molecule has 21 heavy (non-hydrogen) atoms. The van der Waals surface area contributed by atoms with Gasteiger partial charge in [0, 0.05) is 6.42 Å². The molecule has 0 bridgehead atoms. The number of ether oxygens (including phenoxy) is 2. The Hall–Kier alpha value is -1.48. The van der Waals surface area contributed by atoms with E-state index in [2.05, 4.69) is 4.18 Å². The van der Waals surface area contributed by atoms with Crippen molar-refractivity contribution in [2.75, 3.05) is 6.61 Å². The van der Waals surface area contributed by atoms with E-state index in [9.17, 15) is 21.6 Å². The molecule has 1 unspecified atom stereocenters. The topological polar surface area (TPSA) is 61.8 Å². The maximum atomic E-state index is 12.2. The highest BCUT2D eigenvalue weighted by Crippen LogP contribution is 2.28. The molecule has 0 spiro atoms. The second-order valence-corrected chi connectivity index (χ2v) is 5.91. The summed E-state index contributed by atoms with van der Waals surface area (Å²) in [5, 5.41) is 0. The van der Waals surface area contributed by atoms with E-state index in [1.54, 1.807) is 0 Å². The fourth-order valence-corrected chi connectivity index (χ4v) is 2.16. The zero-order chi connectivity index (χ0) is 15.5. The van der Waals surface area contributed by atoms with Crippen LogP contribution < -0.4 is 8.92 Å². The van der Waals surface area contributed by atoms with E-state index in [4.69, 9.17) is 9.47 Å². The van der Waals surface area contributed by atoms with Crippen LogP contribution in [0.15, 0.2) is 24.3 Å². The second-order valence-electron chi connectivity index (χ2n) is 4.37. The quantitative estimate of drug-likeness (QED) is 0.629. The van der Waals surface area contributed by atoms with Crippen molar-refractivity contribution in [3.8, 4) is 11.5 Å². The molecule has 1 aliphatic heterocycles. The van der Waals surface area contributed by atoms with Gasteiger partial charge in [-0.1, -0.05) is 0 Å². The van der Waals surface area contributed by atoms with E-state index in [1.165, 1.54) is 12.1 Å². The van der Waals surface area contributed by atoms with Crippen LogP contribution in [-0.4, -0.2) is 26.8 Å². The summed E-state index contributed by atoms with van der Waals surface area (Å²) in [6.45, 7) is 0.593. The Labute approximate surface area is 119 Å². The van der Waals surface area contributed by atoms with Gasteiger partial charge in [0.15, 0.2) is 6.29 Å². The molecule has 1 aromatic carbocycles. The normalized spacial score (nSPS) is 20.0. The lowest BCUT2D eigenvalue weighted by Crippen LogP contribution is -2.28. The predicted molar refractivity (Wildman–Crippen MR) is 66.3 cm³/mol. The summed E-state index contributed by atoms with van der Waals surface area (Å²) in [4.78, 5) is 0. The number of rotatable bonds is 4. The minimum atomic E-state index is -5.66. The molecule has 0 aliphatic carbocycles. The molecular formula is C12H13F3O5S. The summed E-state index contributed by atoms with van der Waals surface area (Å²) in [7, 11) is -5.66. The van der Waals surface area contributed by atoms with E-state index in [1.807, 2.05) is 0 Å². The van der Waals surface area contributed by atoms with Crippen LogP contribution in [-0.2, 0) is 14.9 Å². The van der Waals surface area contributed by atoms with Crippen molar-refractivity contribution >= 4 is 10.1 Å². The lowest BCUT2D eigenvalue weighted by atomic mass is 10.2. The molecule has 2 rings (SSSR count). The molecule has 1 saturated heterocycles. The van der Waals surface area contributed by atoms with Gasteiger partial charge in [0.2, 0.25) is 0 Å². The number of alkyl halides is 3. The van der Waals surface area contributed by atoms with Gasteiger partial charge in [-0.3, -0.25) is 0 Å². The fraction of sp³-hybridized carbons (Fsp3) is 0.500. The molecule has 1 aromatic rings. The van der Waals surface area contributed by atoms with Crippen molar-refractivity contribution < 1.29 is 35.2 Å². The van der Waals surface area contributed by atoms with E-state index in [0.717, 1.165) is 31.4 Å². The lowest BCUT2D eigenvalue weighted by Gasteiger charge is -2.23. The monoisotopic (exact) mass is 326 g/mol. The van der Waals surface area contributed by atoms with Crippen LogP contribution in [0.2, 0.25) is 0 Å². The molecule has 0 aromatic heterocycles. The number of halogens is 3. The Morgan fingerprint density at radius 1 is 1.10 bits per heavy atom. The zero-order valence-electron chi connectivity index (χ0n) is 10.8.